The van der Waals surface area contributed by atoms with Crippen molar-refractivity contribution in [1.82, 2.24) is 0 Å². The van der Waals surface area contributed by atoms with Gasteiger partial charge in [-0.15, -0.1) is 0 Å². The van der Waals surface area contributed by atoms with Crippen LogP contribution in [0.2, 0.25) is 5.02 Å². The van der Waals surface area contributed by atoms with E-state index in [-0.39, 0.29) is 5.97 Å². The van der Waals surface area contributed by atoms with Crippen molar-refractivity contribution < 1.29 is 9.53 Å². The van der Waals surface area contributed by atoms with Gasteiger partial charge in [0.1, 0.15) is 0 Å². The number of ether oxygens (including phenoxy) is 1. The minimum atomic E-state index is -0.154. The molecule has 0 N–H and O–H groups in total. The average molecular weight is 297 g/mol. The third kappa shape index (κ3) is 8.21. The Morgan fingerprint density at radius 2 is 1.60 bits per heavy atom. The molecular weight excluding hydrogens is 272 g/mol. The molecule has 0 saturated heterocycles. The molecule has 0 heterocycles. The third-order valence-electron chi connectivity index (χ3n) is 3.27. The van der Waals surface area contributed by atoms with E-state index in [0.717, 1.165) is 18.4 Å². The van der Waals surface area contributed by atoms with Crippen molar-refractivity contribution in [2.45, 2.75) is 58.3 Å². The van der Waals surface area contributed by atoms with Crippen LogP contribution in [-0.2, 0) is 16.0 Å². The van der Waals surface area contributed by atoms with Crippen molar-refractivity contribution >= 4 is 17.6 Å². The number of benzene rings is 1. The Balaban J connectivity index is 2.01. The highest BCUT2D eigenvalue weighted by molar-refractivity contribution is 6.30. The average Bonchev–Trinajstić information content (AvgIpc) is 2.44. The smallest absolute Gasteiger partial charge is 0.310 e. The fraction of sp³-hybridized carbons (Fsp3) is 0.588. The number of unbranched alkanes of at least 4 members (excludes halogenated alkanes) is 6. The maximum absolute atomic E-state index is 11.6. The van der Waals surface area contributed by atoms with Gasteiger partial charge in [0.15, 0.2) is 0 Å². The minimum Gasteiger partial charge on any atom is -0.465 e. The van der Waals surface area contributed by atoms with E-state index >= 15 is 0 Å². The first-order valence-electron chi connectivity index (χ1n) is 7.62. The molecule has 1 rings (SSSR count). The van der Waals surface area contributed by atoms with E-state index in [1.807, 2.05) is 12.1 Å². The van der Waals surface area contributed by atoms with Gasteiger partial charge in [0.05, 0.1) is 13.0 Å². The van der Waals surface area contributed by atoms with Crippen LogP contribution in [-0.4, -0.2) is 12.6 Å². The Morgan fingerprint density at radius 3 is 2.25 bits per heavy atom. The fourth-order valence-corrected chi connectivity index (χ4v) is 2.19. The molecule has 0 fully saturated rings. The van der Waals surface area contributed by atoms with Crippen LogP contribution in [0.3, 0.4) is 0 Å². The Morgan fingerprint density at radius 1 is 1.00 bits per heavy atom. The first-order chi connectivity index (χ1) is 9.72. The highest BCUT2D eigenvalue weighted by Gasteiger charge is 2.04. The summed E-state index contributed by atoms with van der Waals surface area (Å²) in [5.41, 5.74) is 0.943. The molecule has 0 unspecified atom stereocenters. The predicted molar refractivity (Wildman–Crippen MR) is 84.1 cm³/mol. The molecule has 0 aliphatic heterocycles. The summed E-state index contributed by atoms with van der Waals surface area (Å²) in [6.45, 7) is 2.76. The molecule has 1 aromatic rings. The number of carbonyl (C=O) groups excluding carboxylic acids is 1. The summed E-state index contributed by atoms with van der Waals surface area (Å²) >= 11 is 5.80. The minimum absolute atomic E-state index is 0.154. The zero-order valence-electron chi connectivity index (χ0n) is 12.4. The number of halogens is 1. The van der Waals surface area contributed by atoms with Gasteiger partial charge in [-0.1, -0.05) is 69.2 Å². The maximum atomic E-state index is 11.6. The van der Waals surface area contributed by atoms with Crippen molar-refractivity contribution in [3.63, 3.8) is 0 Å². The zero-order chi connectivity index (χ0) is 14.6. The van der Waals surface area contributed by atoms with Crippen molar-refractivity contribution in [2.24, 2.45) is 0 Å². The molecule has 0 aliphatic rings. The van der Waals surface area contributed by atoms with Crippen molar-refractivity contribution in [3.05, 3.63) is 34.9 Å². The Hall–Kier alpha value is -1.02. The summed E-state index contributed by atoms with van der Waals surface area (Å²) in [4.78, 5) is 11.6. The summed E-state index contributed by atoms with van der Waals surface area (Å²) in [5.74, 6) is -0.154. The topological polar surface area (TPSA) is 26.3 Å². The second-order valence-corrected chi connectivity index (χ2v) is 5.58. The monoisotopic (exact) mass is 296 g/mol. The summed E-state index contributed by atoms with van der Waals surface area (Å²) in [6.07, 6.45) is 8.93. The highest BCUT2D eigenvalue weighted by Crippen LogP contribution is 2.11. The third-order valence-corrected chi connectivity index (χ3v) is 3.52. The number of hydrogen-bond donors (Lipinski definition) is 0. The highest BCUT2D eigenvalue weighted by atomic mass is 35.5. The van der Waals surface area contributed by atoms with Gasteiger partial charge in [0.25, 0.3) is 0 Å². The first kappa shape index (κ1) is 17.0. The van der Waals surface area contributed by atoms with E-state index in [1.165, 1.54) is 32.1 Å². The van der Waals surface area contributed by atoms with Gasteiger partial charge in [-0.3, -0.25) is 4.79 Å². The Bertz CT molecular complexity index is 373. The van der Waals surface area contributed by atoms with E-state index < -0.39 is 0 Å². The molecule has 0 amide bonds. The lowest BCUT2D eigenvalue weighted by molar-refractivity contribution is -0.142. The van der Waals surface area contributed by atoms with Crippen LogP contribution in [0.25, 0.3) is 0 Å². The van der Waals surface area contributed by atoms with Gasteiger partial charge in [0, 0.05) is 5.02 Å². The summed E-state index contributed by atoms with van der Waals surface area (Å²) < 4.78 is 5.23. The summed E-state index contributed by atoms with van der Waals surface area (Å²) in [6, 6.07) is 7.30. The maximum Gasteiger partial charge on any atom is 0.310 e. The molecule has 0 bridgehead atoms. The Labute approximate surface area is 127 Å². The van der Waals surface area contributed by atoms with Gasteiger partial charge in [-0.25, -0.2) is 0 Å². The molecule has 20 heavy (non-hydrogen) atoms. The molecule has 2 nitrogen and oxygen atoms in total. The fourth-order valence-electron chi connectivity index (χ4n) is 2.07. The second-order valence-electron chi connectivity index (χ2n) is 5.15. The molecule has 112 valence electrons. The SMILES string of the molecule is CCCCCCCCCOC(=O)Cc1ccc(Cl)cc1. The van der Waals surface area contributed by atoms with Gasteiger partial charge >= 0.3 is 5.97 Å². The summed E-state index contributed by atoms with van der Waals surface area (Å²) in [7, 11) is 0. The van der Waals surface area contributed by atoms with Crippen LogP contribution in [0.4, 0.5) is 0 Å². The molecule has 3 heteroatoms. The molecule has 1 aromatic carbocycles. The van der Waals surface area contributed by atoms with Crippen molar-refractivity contribution in [3.8, 4) is 0 Å². The Kier molecular flexibility index (Phi) is 9.14. The van der Waals surface area contributed by atoms with Crippen molar-refractivity contribution in [2.75, 3.05) is 6.61 Å². The lowest BCUT2D eigenvalue weighted by Crippen LogP contribution is -2.09. The number of esters is 1. The standard InChI is InChI=1S/C17H25ClO2/c1-2-3-4-5-6-7-8-13-20-17(19)14-15-9-11-16(18)12-10-15/h9-12H,2-8,13-14H2,1H3. The molecule has 0 spiro atoms. The first-order valence-corrected chi connectivity index (χ1v) is 8.00. The van der Waals surface area contributed by atoms with Gasteiger partial charge in [0.2, 0.25) is 0 Å². The predicted octanol–water partition coefficient (Wildman–Crippen LogP) is 5.18. The molecular formula is C17H25ClO2. The van der Waals surface area contributed by atoms with Crippen molar-refractivity contribution in [1.29, 1.82) is 0 Å². The number of hydrogen-bond acceptors (Lipinski definition) is 2. The molecule has 0 atom stereocenters. The summed E-state index contributed by atoms with van der Waals surface area (Å²) in [5, 5.41) is 0.685. The lowest BCUT2D eigenvalue weighted by atomic mass is 10.1. The zero-order valence-corrected chi connectivity index (χ0v) is 13.1. The largest absolute Gasteiger partial charge is 0.465 e. The van der Waals surface area contributed by atoms with Gasteiger partial charge in [-0.05, 0) is 24.1 Å². The molecule has 0 radical (unpaired) electrons. The van der Waals surface area contributed by atoms with E-state index in [9.17, 15) is 4.79 Å². The molecule has 0 aromatic heterocycles. The van der Waals surface area contributed by atoms with Gasteiger partial charge < -0.3 is 4.74 Å². The van der Waals surface area contributed by atoms with Crippen LogP contribution < -0.4 is 0 Å². The quantitative estimate of drug-likeness (QED) is 0.439. The van der Waals surface area contributed by atoms with Crippen LogP contribution >= 0.6 is 11.6 Å². The normalized spacial score (nSPS) is 10.5. The van der Waals surface area contributed by atoms with E-state index in [4.69, 9.17) is 16.3 Å². The van der Waals surface area contributed by atoms with Crippen LogP contribution in [0.1, 0.15) is 57.4 Å². The van der Waals surface area contributed by atoms with E-state index in [1.54, 1.807) is 12.1 Å². The second kappa shape index (κ2) is 10.7. The van der Waals surface area contributed by atoms with Gasteiger partial charge in [-0.2, -0.15) is 0 Å². The van der Waals surface area contributed by atoms with E-state index in [0.29, 0.717) is 18.1 Å². The van der Waals surface area contributed by atoms with Crippen LogP contribution in [0.15, 0.2) is 24.3 Å². The number of rotatable bonds is 10. The number of carbonyl (C=O) groups is 1. The van der Waals surface area contributed by atoms with E-state index in [2.05, 4.69) is 6.92 Å². The lowest BCUT2D eigenvalue weighted by Gasteiger charge is -2.05. The molecule has 0 aliphatic carbocycles. The molecule has 0 saturated carbocycles. The van der Waals surface area contributed by atoms with Crippen LogP contribution in [0.5, 0.6) is 0 Å². The van der Waals surface area contributed by atoms with Crippen LogP contribution in [0, 0.1) is 0 Å².